The Labute approximate surface area is 160 Å². The van der Waals surface area contributed by atoms with Gasteiger partial charge in [-0.05, 0) is 36.4 Å². The summed E-state index contributed by atoms with van der Waals surface area (Å²) in [7, 11) is 1.56. The van der Waals surface area contributed by atoms with Crippen molar-refractivity contribution in [3.63, 3.8) is 0 Å². The minimum atomic E-state index is -0.573. The van der Waals surface area contributed by atoms with Crippen LogP contribution in [0.3, 0.4) is 0 Å². The third-order valence-corrected chi connectivity index (χ3v) is 3.88. The van der Waals surface area contributed by atoms with Crippen molar-refractivity contribution in [2.24, 2.45) is 0 Å². The number of methoxy groups -OCH3 is 1. The maximum absolute atomic E-state index is 12.9. The Bertz CT molecular complexity index is 969. The molecule has 0 saturated carbocycles. The summed E-state index contributed by atoms with van der Waals surface area (Å²) in [4.78, 5) is 28.0. The molecule has 0 spiro atoms. The minimum absolute atomic E-state index is 0.0383. The first-order valence-corrected chi connectivity index (χ1v) is 8.46. The highest BCUT2D eigenvalue weighted by Crippen LogP contribution is 2.21. The second-order valence-corrected chi connectivity index (χ2v) is 5.83. The smallest absolute Gasteiger partial charge is 0.306 e. The molecule has 0 aliphatic heterocycles. The molecular weight excluding hydrogens is 367 g/mol. The van der Waals surface area contributed by atoms with Gasteiger partial charge in [0.25, 0.3) is 5.89 Å². The van der Waals surface area contributed by atoms with Crippen molar-refractivity contribution in [3.05, 3.63) is 65.8 Å². The largest absolute Gasteiger partial charge is 0.497 e. The molecule has 1 heterocycles. The molecule has 3 rings (SSSR count). The van der Waals surface area contributed by atoms with Crippen LogP contribution < -0.4 is 4.74 Å². The zero-order valence-corrected chi connectivity index (χ0v) is 15.1. The number of aromatic nitrogens is 2. The Kier molecular flexibility index (Phi) is 6.11. The van der Waals surface area contributed by atoms with Gasteiger partial charge >= 0.3 is 5.97 Å². The number of esters is 1. The third-order valence-electron chi connectivity index (χ3n) is 3.88. The molecule has 0 amide bonds. The van der Waals surface area contributed by atoms with E-state index in [0.29, 0.717) is 22.7 Å². The van der Waals surface area contributed by atoms with Crippen LogP contribution in [0.5, 0.6) is 5.75 Å². The van der Waals surface area contributed by atoms with Gasteiger partial charge in [0, 0.05) is 17.5 Å². The fourth-order valence-electron chi connectivity index (χ4n) is 2.40. The van der Waals surface area contributed by atoms with Crippen LogP contribution in [0, 0.1) is 5.82 Å². The summed E-state index contributed by atoms with van der Waals surface area (Å²) in [5.74, 6) is -0.135. The fourth-order valence-corrected chi connectivity index (χ4v) is 2.40. The molecule has 0 unspecified atom stereocenters. The quantitative estimate of drug-likeness (QED) is 0.433. The number of hydrogen-bond donors (Lipinski definition) is 0. The van der Waals surface area contributed by atoms with E-state index in [2.05, 4.69) is 10.1 Å². The third kappa shape index (κ3) is 5.00. The number of halogens is 1. The SMILES string of the molecule is COc1cccc(-c2noc(COC(=O)CCC(=O)c3ccc(F)cc3)n2)c1. The molecule has 1 aromatic heterocycles. The minimum Gasteiger partial charge on any atom is -0.497 e. The van der Waals surface area contributed by atoms with Gasteiger partial charge in [-0.1, -0.05) is 17.3 Å². The van der Waals surface area contributed by atoms with E-state index in [0.717, 1.165) is 0 Å². The Morgan fingerprint density at radius 2 is 1.89 bits per heavy atom. The van der Waals surface area contributed by atoms with Crippen molar-refractivity contribution >= 4 is 11.8 Å². The summed E-state index contributed by atoms with van der Waals surface area (Å²) in [6, 6.07) is 12.3. The lowest BCUT2D eigenvalue weighted by Gasteiger charge is -2.02. The first kappa shape index (κ1) is 19.2. The Hall–Kier alpha value is -3.55. The number of benzene rings is 2. The average molecular weight is 384 g/mol. The molecule has 7 nitrogen and oxygen atoms in total. The molecule has 28 heavy (non-hydrogen) atoms. The fraction of sp³-hybridized carbons (Fsp3) is 0.200. The number of ketones is 1. The molecule has 0 bridgehead atoms. The lowest BCUT2D eigenvalue weighted by Crippen LogP contribution is -2.08. The molecule has 2 aromatic carbocycles. The number of carbonyl (C=O) groups excluding carboxylic acids is 2. The highest BCUT2D eigenvalue weighted by Gasteiger charge is 2.14. The van der Waals surface area contributed by atoms with E-state index in [1.54, 1.807) is 31.4 Å². The van der Waals surface area contributed by atoms with E-state index in [-0.39, 0.29) is 31.1 Å². The average Bonchev–Trinajstić information content (AvgIpc) is 3.20. The van der Waals surface area contributed by atoms with E-state index in [1.165, 1.54) is 24.3 Å². The maximum atomic E-state index is 12.9. The van der Waals surface area contributed by atoms with E-state index in [4.69, 9.17) is 14.0 Å². The molecule has 0 saturated heterocycles. The summed E-state index contributed by atoms with van der Waals surface area (Å²) < 4.78 is 28.1. The topological polar surface area (TPSA) is 91.5 Å². The van der Waals surface area contributed by atoms with Crippen molar-refractivity contribution in [2.45, 2.75) is 19.4 Å². The van der Waals surface area contributed by atoms with E-state index in [9.17, 15) is 14.0 Å². The molecule has 8 heteroatoms. The van der Waals surface area contributed by atoms with E-state index >= 15 is 0 Å². The molecule has 0 N–H and O–H groups in total. The number of rotatable bonds is 8. The predicted octanol–water partition coefficient (Wildman–Crippen LogP) is 3.59. The normalized spacial score (nSPS) is 10.5. The number of nitrogens with zero attached hydrogens (tertiary/aromatic N) is 2. The van der Waals surface area contributed by atoms with Crippen LogP contribution in [-0.4, -0.2) is 29.0 Å². The van der Waals surface area contributed by atoms with Crippen LogP contribution in [0.15, 0.2) is 53.1 Å². The predicted molar refractivity (Wildman–Crippen MR) is 96.0 cm³/mol. The second-order valence-electron chi connectivity index (χ2n) is 5.83. The summed E-state index contributed by atoms with van der Waals surface area (Å²) in [5.41, 5.74) is 1.04. The monoisotopic (exact) mass is 384 g/mol. The molecule has 0 aliphatic carbocycles. The van der Waals surface area contributed by atoms with Gasteiger partial charge in [-0.2, -0.15) is 4.98 Å². The lowest BCUT2D eigenvalue weighted by atomic mass is 10.1. The van der Waals surface area contributed by atoms with Gasteiger partial charge in [0.15, 0.2) is 12.4 Å². The highest BCUT2D eigenvalue weighted by atomic mass is 19.1. The molecular formula is C20H17FN2O5. The second kappa shape index (κ2) is 8.90. The van der Waals surface area contributed by atoms with Gasteiger partial charge < -0.3 is 14.0 Å². The Morgan fingerprint density at radius 1 is 1.11 bits per heavy atom. The van der Waals surface area contributed by atoms with Gasteiger partial charge in [-0.3, -0.25) is 9.59 Å². The summed E-state index contributed by atoms with van der Waals surface area (Å²) in [5, 5.41) is 3.84. The summed E-state index contributed by atoms with van der Waals surface area (Å²) >= 11 is 0. The summed E-state index contributed by atoms with van der Waals surface area (Å²) in [6.07, 6.45) is -0.142. The van der Waals surface area contributed by atoms with Crippen molar-refractivity contribution < 1.29 is 28.0 Å². The molecule has 144 valence electrons. The first-order valence-electron chi connectivity index (χ1n) is 8.46. The zero-order chi connectivity index (χ0) is 19.9. The van der Waals surface area contributed by atoms with Gasteiger partial charge in [-0.25, -0.2) is 4.39 Å². The molecule has 0 fully saturated rings. The van der Waals surface area contributed by atoms with Gasteiger partial charge in [0.05, 0.1) is 13.5 Å². The first-order chi connectivity index (χ1) is 13.5. The molecule has 0 atom stereocenters. The van der Waals surface area contributed by atoms with Crippen LogP contribution in [0.25, 0.3) is 11.4 Å². The molecule has 0 radical (unpaired) electrons. The van der Waals surface area contributed by atoms with Crippen molar-refractivity contribution in [2.75, 3.05) is 7.11 Å². The number of carbonyl (C=O) groups is 2. The van der Waals surface area contributed by atoms with Crippen LogP contribution in [0.4, 0.5) is 4.39 Å². The number of hydrogen-bond acceptors (Lipinski definition) is 7. The Morgan fingerprint density at radius 3 is 2.64 bits per heavy atom. The van der Waals surface area contributed by atoms with Gasteiger partial charge in [-0.15, -0.1) is 0 Å². The van der Waals surface area contributed by atoms with Crippen LogP contribution in [-0.2, 0) is 16.1 Å². The highest BCUT2D eigenvalue weighted by molar-refractivity contribution is 5.97. The summed E-state index contributed by atoms with van der Waals surface area (Å²) in [6.45, 7) is -0.194. The van der Waals surface area contributed by atoms with E-state index in [1.807, 2.05) is 0 Å². The van der Waals surface area contributed by atoms with Crippen molar-refractivity contribution in [1.82, 2.24) is 10.1 Å². The number of Topliss-reactive ketones (excluding diaryl/α,β-unsaturated/α-hetero) is 1. The van der Waals surface area contributed by atoms with Gasteiger partial charge in [0.1, 0.15) is 11.6 Å². The zero-order valence-electron chi connectivity index (χ0n) is 15.1. The molecule has 3 aromatic rings. The van der Waals surface area contributed by atoms with Crippen LogP contribution in [0.2, 0.25) is 0 Å². The Balaban J connectivity index is 1.49. The van der Waals surface area contributed by atoms with Crippen LogP contribution in [0.1, 0.15) is 29.1 Å². The standard InChI is InChI=1S/C20H17FN2O5/c1-26-16-4-2-3-14(11-16)20-22-18(28-23-20)12-27-19(25)10-9-17(24)13-5-7-15(21)8-6-13/h2-8,11H,9-10,12H2,1H3. The molecule has 0 aliphatic rings. The van der Waals surface area contributed by atoms with Crippen molar-refractivity contribution in [1.29, 1.82) is 0 Å². The van der Waals surface area contributed by atoms with E-state index < -0.39 is 11.8 Å². The van der Waals surface area contributed by atoms with Crippen LogP contribution >= 0.6 is 0 Å². The van der Waals surface area contributed by atoms with Gasteiger partial charge in [0.2, 0.25) is 5.82 Å². The van der Waals surface area contributed by atoms with Crippen molar-refractivity contribution in [3.8, 4) is 17.1 Å². The maximum Gasteiger partial charge on any atom is 0.306 e. The lowest BCUT2D eigenvalue weighted by molar-refractivity contribution is -0.145. The number of ether oxygens (including phenoxy) is 2.